The van der Waals surface area contributed by atoms with Crippen molar-refractivity contribution in [3.05, 3.63) is 72.2 Å². The Kier molecular flexibility index (Phi) is 7.03. The third kappa shape index (κ3) is 5.59. The number of nitrogens with one attached hydrogen (secondary N) is 2. The van der Waals surface area contributed by atoms with Gasteiger partial charge in [0.2, 0.25) is 0 Å². The number of hydrogen-bond donors (Lipinski definition) is 2. The molecule has 0 fully saturated rings. The van der Waals surface area contributed by atoms with Crippen molar-refractivity contribution in [1.29, 1.82) is 0 Å². The van der Waals surface area contributed by atoms with Gasteiger partial charge in [0.15, 0.2) is 5.82 Å². The molecule has 0 saturated heterocycles. The molecular weight excluding hydrogens is 354 g/mol. The summed E-state index contributed by atoms with van der Waals surface area (Å²) in [5.74, 6) is 0.846. The number of nitrogens with zero attached hydrogens (tertiary/aromatic N) is 3. The number of carbonyl (C=O) groups is 1. The zero-order valence-electron chi connectivity index (χ0n) is 15.8. The summed E-state index contributed by atoms with van der Waals surface area (Å²) >= 11 is 0. The second-order valence-corrected chi connectivity index (χ2v) is 6.15. The number of carbonyl (C=O) groups excluding carboxylic acids is 1. The van der Waals surface area contributed by atoms with Gasteiger partial charge < -0.3 is 15.4 Å². The molecule has 7 nitrogen and oxygen atoms in total. The first-order valence-electron chi connectivity index (χ1n) is 9.10. The summed E-state index contributed by atoms with van der Waals surface area (Å²) in [6.07, 6.45) is 4.26. The predicted molar refractivity (Wildman–Crippen MR) is 108 cm³/mol. The Balaban J connectivity index is 1.80. The van der Waals surface area contributed by atoms with Crippen LogP contribution in [0.4, 0.5) is 5.82 Å². The molecule has 0 bridgehead atoms. The average Bonchev–Trinajstić information content (AvgIpc) is 2.76. The largest absolute Gasteiger partial charge is 0.385 e. The second-order valence-electron chi connectivity index (χ2n) is 6.15. The van der Waals surface area contributed by atoms with Crippen molar-refractivity contribution < 1.29 is 9.53 Å². The number of hydrogen-bond acceptors (Lipinski definition) is 6. The molecule has 1 aromatic carbocycles. The van der Waals surface area contributed by atoms with Crippen molar-refractivity contribution >= 4 is 11.7 Å². The Morgan fingerprint density at radius 3 is 2.71 bits per heavy atom. The van der Waals surface area contributed by atoms with E-state index in [1.807, 2.05) is 42.5 Å². The molecule has 28 heavy (non-hydrogen) atoms. The molecule has 2 heterocycles. The van der Waals surface area contributed by atoms with Gasteiger partial charge in [-0.05, 0) is 18.1 Å². The fourth-order valence-electron chi connectivity index (χ4n) is 2.57. The van der Waals surface area contributed by atoms with Crippen molar-refractivity contribution in [3.8, 4) is 11.4 Å². The molecule has 0 unspecified atom stereocenters. The summed E-state index contributed by atoms with van der Waals surface area (Å²) < 4.78 is 5.01. The van der Waals surface area contributed by atoms with Crippen LogP contribution in [0.5, 0.6) is 0 Å². The van der Waals surface area contributed by atoms with Crippen molar-refractivity contribution in [1.82, 2.24) is 20.3 Å². The van der Waals surface area contributed by atoms with Crippen molar-refractivity contribution in [2.45, 2.75) is 13.0 Å². The lowest BCUT2D eigenvalue weighted by Gasteiger charge is -2.11. The van der Waals surface area contributed by atoms with E-state index in [1.165, 1.54) is 0 Å². The van der Waals surface area contributed by atoms with E-state index in [1.54, 1.807) is 25.6 Å². The Labute approximate surface area is 164 Å². The van der Waals surface area contributed by atoms with E-state index in [0.717, 1.165) is 17.5 Å². The smallest absolute Gasteiger partial charge is 0.270 e. The molecule has 0 aliphatic heterocycles. The minimum Gasteiger partial charge on any atom is -0.385 e. The number of benzene rings is 1. The molecule has 0 atom stereocenters. The van der Waals surface area contributed by atoms with E-state index in [4.69, 9.17) is 4.74 Å². The number of rotatable bonds is 9. The Hall–Kier alpha value is -3.32. The highest BCUT2D eigenvalue weighted by molar-refractivity contribution is 5.93. The van der Waals surface area contributed by atoms with Crippen LogP contribution in [-0.4, -0.2) is 41.1 Å². The number of aromatic nitrogens is 3. The van der Waals surface area contributed by atoms with E-state index < -0.39 is 0 Å². The fourth-order valence-corrected chi connectivity index (χ4v) is 2.57. The van der Waals surface area contributed by atoms with Crippen LogP contribution >= 0.6 is 0 Å². The van der Waals surface area contributed by atoms with Gasteiger partial charge in [0.1, 0.15) is 11.5 Å². The zero-order chi connectivity index (χ0) is 19.6. The average molecular weight is 377 g/mol. The first-order chi connectivity index (χ1) is 13.8. The Bertz CT molecular complexity index is 888. The van der Waals surface area contributed by atoms with Gasteiger partial charge in [0, 0.05) is 50.8 Å². The van der Waals surface area contributed by atoms with Gasteiger partial charge in [-0.3, -0.25) is 9.78 Å². The monoisotopic (exact) mass is 377 g/mol. The van der Waals surface area contributed by atoms with Crippen molar-refractivity contribution in [2.24, 2.45) is 0 Å². The molecule has 144 valence electrons. The molecule has 0 saturated carbocycles. The summed E-state index contributed by atoms with van der Waals surface area (Å²) in [5.41, 5.74) is 2.19. The highest BCUT2D eigenvalue weighted by Crippen LogP contribution is 2.18. The molecule has 2 N–H and O–H groups in total. The standard InChI is InChI=1S/C21H23N5O2/c1-28-12-6-11-23-21(27)18-13-19(24-15-16-7-5-10-22-14-16)26-20(25-18)17-8-3-2-4-9-17/h2-5,7-10,13-14H,6,11-12,15H2,1H3,(H,23,27)(H,24,25,26). The van der Waals surface area contributed by atoms with E-state index in [0.29, 0.717) is 37.0 Å². The zero-order valence-corrected chi connectivity index (χ0v) is 15.8. The molecule has 2 aromatic heterocycles. The Morgan fingerprint density at radius 1 is 1.11 bits per heavy atom. The number of anilines is 1. The SMILES string of the molecule is COCCCNC(=O)c1cc(NCc2cccnc2)nc(-c2ccccc2)n1. The van der Waals surface area contributed by atoms with Crippen LogP contribution in [-0.2, 0) is 11.3 Å². The summed E-state index contributed by atoms with van der Waals surface area (Å²) in [6.45, 7) is 1.67. The quantitative estimate of drug-likeness (QED) is 0.558. The summed E-state index contributed by atoms with van der Waals surface area (Å²) in [7, 11) is 1.64. The van der Waals surface area contributed by atoms with Gasteiger partial charge in [-0.15, -0.1) is 0 Å². The molecule has 3 rings (SSSR count). The Morgan fingerprint density at radius 2 is 1.96 bits per heavy atom. The second kappa shape index (κ2) is 10.1. The maximum Gasteiger partial charge on any atom is 0.270 e. The lowest BCUT2D eigenvalue weighted by Crippen LogP contribution is -2.26. The number of methoxy groups -OCH3 is 1. The van der Waals surface area contributed by atoms with Crippen LogP contribution in [0, 0.1) is 0 Å². The van der Waals surface area contributed by atoms with Gasteiger partial charge in [0.25, 0.3) is 5.91 Å². The third-order valence-corrected chi connectivity index (χ3v) is 4.00. The maximum atomic E-state index is 12.5. The van der Waals surface area contributed by atoms with Crippen LogP contribution in [0.25, 0.3) is 11.4 Å². The highest BCUT2D eigenvalue weighted by Gasteiger charge is 2.13. The van der Waals surface area contributed by atoms with E-state index in [2.05, 4.69) is 25.6 Å². The lowest BCUT2D eigenvalue weighted by molar-refractivity contribution is 0.0943. The summed E-state index contributed by atoms with van der Waals surface area (Å²) in [4.78, 5) is 25.7. The predicted octanol–water partition coefficient (Wildman–Crippen LogP) is 2.92. The molecule has 7 heteroatoms. The molecule has 0 aliphatic carbocycles. The summed E-state index contributed by atoms with van der Waals surface area (Å²) in [6, 6.07) is 15.1. The highest BCUT2D eigenvalue weighted by atomic mass is 16.5. The van der Waals surface area contributed by atoms with Gasteiger partial charge in [-0.1, -0.05) is 36.4 Å². The van der Waals surface area contributed by atoms with Crippen LogP contribution in [0.1, 0.15) is 22.5 Å². The first kappa shape index (κ1) is 19.4. The number of pyridine rings is 1. The minimum atomic E-state index is -0.236. The molecular formula is C21H23N5O2. The van der Waals surface area contributed by atoms with Gasteiger partial charge in [-0.2, -0.15) is 0 Å². The molecule has 0 spiro atoms. The summed E-state index contributed by atoms with van der Waals surface area (Å²) in [5, 5.41) is 6.12. The third-order valence-electron chi connectivity index (χ3n) is 4.00. The number of ether oxygens (including phenoxy) is 1. The van der Waals surface area contributed by atoms with Crippen LogP contribution in [0.2, 0.25) is 0 Å². The maximum absolute atomic E-state index is 12.5. The molecule has 0 aliphatic rings. The van der Waals surface area contributed by atoms with Crippen LogP contribution < -0.4 is 10.6 Å². The first-order valence-corrected chi connectivity index (χ1v) is 9.10. The van der Waals surface area contributed by atoms with E-state index in [-0.39, 0.29) is 5.91 Å². The minimum absolute atomic E-state index is 0.236. The number of amides is 1. The van der Waals surface area contributed by atoms with E-state index >= 15 is 0 Å². The van der Waals surface area contributed by atoms with Gasteiger partial charge in [0.05, 0.1) is 0 Å². The van der Waals surface area contributed by atoms with Crippen LogP contribution in [0.3, 0.4) is 0 Å². The lowest BCUT2D eigenvalue weighted by atomic mass is 10.2. The molecule has 3 aromatic rings. The van der Waals surface area contributed by atoms with Crippen molar-refractivity contribution in [3.63, 3.8) is 0 Å². The topological polar surface area (TPSA) is 89.0 Å². The van der Waals surface area contributed by atoms with Crippen LogP contribution in [0.15, 0.2) is 60.9 Å². The normalized spacial score (nSPS) is 10.5. The van der Waals surface area contributed by atoms with Crippen molar-refractivity contribution in [2.75, 3.05) is 25.6 Å². The van der Waals surface area contributed by atoms with Gasteiger partial charge in [-0.25, -0.2) is 9.97 Å². The van der Waals surface area contributed by atoms with E-state index in [9.17, 15) is 4.79 Å². The molecule has 1 amide bonds. The molecule has 0 radical (unpaired) electrons. The fraction of sp³-hybridized carbons (Fsp3) is 0.238. The van der Waals surface area contributed by atoms with Gasteiger partial charge >= 0.3 is 0 Å².